The van der Waals surface area contributed by atoms with Crippen LogP contribution in [0.4, 0.5) is 4.39 Å². The van der Waals surface area contributed by atoms with Crippen molar-refractivity contribution in [3.63, 3.8) is 0 Å². The fourth-order valence-electron chi connectivity index (χ4n) is 4.39. The number of halogens is 1. The largest absolute Gasteiger partial charge is 0.507 e. The van der Waals surface area contributed by atoms with Crippen molar-refractivity contribution in [1.29, 1.82) is 0 Å². The Kier molecular flexibility index (Phi) is 6.91. The Morgan fingerprint density at radius 3 is 2.37 bits per heavy atom. The van der Waals surface area contributed by atoms with Gasteiger partial charge in [0.2, 0.25) is 0 Å². The third-order valence-corrected chi connectivity index (χ3v) is 6.36. The predicted molar refractivity (Wildman–Crippen MR) is 147 cm³/mol. The molecular weight excluding hydrogens is 481 g/mol. The van der Waals surface area contributed by atoms with Crippen molar-refractivity contribution >= 4 is 22.9 Å². The Bertz CT molecular complexity index is 1640. The number of amides is 1. The molecule has 0 saturated carbocycles. The molecule has 1 heterocycles. The van der Waals surface area contributed by atoms with E-state index in [2.05, 4.69) is 15.1 Å². The summed E-state index contributed by atoms with van der Waals surface area (Å²) in [4.78, 5) is 12.7. The van der Waals surface area contributed by atoms with Crippen LogP contribution < -0.4 is 10.2 Å². The molecule has 0 bridgehead atoms. The van der Waals surface area contributed by atoms with E-state index >= 15 is 0 Å². The van der Waals surface area contributed by atoms with Crippen LogP contribution >= 0.6 is 0 Å². The quantitative estimate of drug-likeness (QED) is 0.197. The molecule has 0 unspecified atom stereocenters. The van der Waals surface area contributed by atoms with Gasteiger partial charge in [-0.05, 0) is 84.8 Å². The number of aromatic hydroxyl groups is 1. The Balaban J connectivity index is 1.26. The van der Waals surface area contributed by atoms with Crippen molar-refractivity contribution in [3.8, 4) is 17.2 Å². The van der Waals surface area contributed by atoms with Gasteiger partial charge in [0.25, 0.3) is 5.91 Å². The zero-order chi connectivity index (χ0) is 26.6. The lowest BCUT2D eigenvalue weighted by Gasteiger charge is -2.11. The number of fused-ring (bicyclic) bond motifs is 1. The van der Waals surface area contributed by atoms with Gasteiger partial charge in [0.05, 0.1) is 11.8 Å². The molecule has 2 N–H and O–H groups in total. The number of carbonyl (C=O) groups excluding carboxylic acids is 1. The number of nitrogens with zero attached hydrogens (tertiary/aromatic N) is 2. The van der Waals surface area contributed by atoms with Crippen molar-refractivity contribution in [2.75, 3.05) is 0 Å². The highest BCUT2D eigenvalue weighted by atomic mass is 19.1. The molecule has 0 aliphatic carbocycles. The van der Waals surface area contributed by atoms with E-state index in [4.69, 9.17) is 4.74 Å². The van der Waals surface area contributed by atoms with Gasteiger partial charge in [-0.25, -0.2) is 9.82 Å². The molecule has 1 amide bonds. The van der Waals surface area contributed by atoms with Crippen LogP contribution in [0.1, 0.15) is 32.9 Å². The number of nitrogens with one attached hydrogen (secondary N) is 1. The summed E-state index contributed by atoms with van der Waals surface area (Å²) in [5, 5.41) is 16.1. The maximum atomic E-state index is 13.1. The Hall–Kier alpha value is -4.91. The Morgan fingerprint density at radius 2 is 1.66 bits per heavy atom. The number of hydrogen-bond acceptors (Lipinski definition) is 4. The molecule has 0 fully saturated rings. The number of aromatic nitrogens is 1. The van der Waals surface area contributed by atoms with Crippen molar-refractivity contribution < 1.29 is 19.0 Å². The first-order valence-electron chi connectivity index (χ1n) is 12.1. The Morgan fingerprint density at radius 1 is 0.974 bits per heavy atom. The zero-order valence-electron chi connectivity index (χ0n) is 21.0. The molecule has 0 radical (unpaired) electrons. The highest BCUT2D eigenvalue weighted by Gasteiger charge is 2.13. The van der Waals surface area contributed by atoms with E-state index in [1.165, 1.54) is 12.1 Å². The summed E-state index contributed by atoms with van der Waals surface area (Å²) in [5.41, 5.74) is 7.32. The van der Waals surface area contributed by atoms with Crippen LogP contribution in [-0.4, -0.2) is 21.8 Å². The van der Waals surface area contributed by atoms with Crippen molar-refractivity contribution in [2.24, 2.45) is 5.10 Å². The number of carbonyl (C=O) groups is 1. The van der Waals surface area contributed by atoms with Crippen LogP contribution in [-0.2, 0) is 6.61 Å². The van der Waals surface area contributed by atoms with Gasteiger partial charge < -0.3 is 14.4 Å². The summed E-state index contributed by atoms with van der Waals surface area (Å²) in [6, 6.07) is 26.7. The van der Waals surface area contributed by atoms with Gasteiger partial charge in [0.1, 0.15) is 23.9 Å². The van der Waals surface area contributed by atoms with Crippen LogP contribution in [0.2, 0.25) is 0 Å². The van der Waals surface area contributed by atoms with Gasteiger partial charge >= 0.3 is 0 Å². The van der Waals surface area contributed by atoms with E-state index in [1.54, 1.807) is 30.5 Å². The van der Waals surface area contributed by atoms with Gasteiger partial charge in [-0.1, -0.05) is 36.4 Å². The summed E-state index contributed by atoms with van der Waals surface area (Å²) in [6.07, 6.45) is 1.59. The molecule has 5 rings (SSSR count). The molecule has 1 aromatic heterocycles. The maximum Gasteiger partial charge on any atom is 0.275 e. The van der Waals surface area contributed by atoms with Crippen LogP contribution in [0.3, 0.4) is 0 Å². The molecule has 4 aromatic carbocycles. The summed E-state index contributed by atoms with van der Waals surface area (Å²) >= 11 is 0. The highest BCUT2D eigenvalue weighted by molar-refractivity contribution is 6.01. The number of hydrogen-bond donors (Lipinski definition) is 2. The summed E-state index contributed by atoms with van der Waals surface area (Å²) < 4.78 is 21.0. The minimum Gasteiger partial charge on any atom is -0.507 e. The number of phenolic OH excluding ortho intramolecular Hbond substituents is 1. The second kappa shape index (κ2) is 10.6. The molecule has 0 spiro atoms. The van der Waals surface area contributed by atoms with Crippen molar-refractivity contribution in [3.05, 3.63) is 125 Å². The first-order chi connectivity index (χ1) is 18.4. The van der Waals surface area contributed by atoms with Gasteiger partial charge in [0.15, 0.2) is 0 Å². The second-order valence-corrected chi connectivity index (χ2v) is 8.99. The molecule has 0 atom stereocenters. The minimum absolute atomic E-state index is 0.0975. The lowest BCUT2D eigenvalue weighted by molar-refractivity contribution is 0.0952. The van der Waals surface area contributed by atoms with Gasteiger partial charge in [0, 0.05) is 22.6 Å². The second-order valence-electron chi connectivity index (χ2n) is 8.99. The van der Waals surface area contributed by atoms with Gasteiger partial charge in [-0.3, -0.25) is 4.79 Å². The number of rotatable bonds is 7. The average molecular weight is 508 g/mol. The summed E-state index contributed by atoms with van der Waals surface area (Å²) in [6.45, 7) is 4.32. The summed E-state index contributed by atoms with van der Waals surface area (Å²) in [7, 11) is 0. The molecule has 7 heteroatoms. The first-order valence-corrected chi connectivity index (χ1v) is 12.1. The summed E-state index contributed by atoms with van der Waals surface area (Å²) in [5.74, 6) is -0.150. The Labute approximate surface area is 219 Å². The first kappa shape index (κ1) is 24.8. The molecule has 38 heavy (non-hydrogen) atoms. The van der Waals surface area contributed by atoms with Gasteiger partial charge in [-0.2, -0.15) is 5.10 Å². The van der Waals surface area contributed by atoms with Crippen LogP contribution in [0.15, 0.2) is 96.1 Å². The van der Waals surface area contributed by atoms with E-state index in [9.17, 15) is 14.3 Å². The zero-order valence-corrected chi connectivity index (χ0v) is 21.0. The lowest BCUT2D eigenvalue weighted by atomic mass is 10.1. The SMILES string of the molecule is Cc1cc(C=NNC(=O)c2cc3ccccc3cc2O)c(C)n1-c1ccc(OCc2ccc(F)cc2)cc1. The standard InChI is InChI=1S/C31H26FN3O3/c1-20-15-25(18-33-34-31(37)29-16-23-5-3-4-6-24(23)17-30(29)36)21(2)35(20)27-11-13-28(14-12-27)38-19-22-7-9-26(32)10-8-22/h3-18,36H,19H2,1-2H3,(H,34,37). The van der Waals surface area contributed by atoms with E-state index < -0.39 is 5.91 Å². The number of ether oxygens (including phenoxy) is 1. The monoisotopic (exact) mass is 507 g/mol. The molecular formula is C31H26FN3O3. The van der Waals surface area contributed by atoms with E-state index in [-0.39, 0.29) is 17.1 Å². The van der Waals surface area contributed by atoms with Crippen molar-refractivity contribution in [2.45, 2.75) is 20.5 Å². The normalized spacial score (nSPS) is 11.2. The molecule has 6 nitrogen and oxygen atoms in total. The van der Waals surface area contributed by atoms with Crippen LogP contribution in [0.25, 0.3) is 16.5 Å². The van der Waals surface area contributed by atoms with Gasteiger partial charge in [-0.15, -0.1) is 0 Å². The molecule has 0 aliphatic rings. The van der Waals surface area contributed by atoms with E-state index in [0.29, 0.717) is 12.4 Å². The van der Waals surface area contributed by atoms with Crippen LogP contribution in [0.5, 0.6) is 11.5 Å². The molecule has 0 saturated heterocycles. The number of phenols is 1. The van der Waals surface area contributed by atoms with Crippen molar-refractivity contribution in [1.82, 2.24) is 9.99 Å². The minimum atomic E-state index is -0.491. The van der Waals surface area contributed by atoms with Crippen LogP contribution in [0, 0.1) is 19.7 Å². The smallest absolute Gasteiger partial charge is 0.275 e. The van der Waals surface area contributed by atoms with E-state index in [1.807, 2.05) is 68.4 Å². The lowest BCUT2D eigenvalue weighted by Crippen LogP contribution is -2.17. The fourth-order valence-corrected chi connectivity index (χ4v) is 4.39. The highest BCUT2D eigenvalue weighted by Crippen LogP contribution is 2.25. The van der Waals surface area contributed by atoms with E-state index in [0.717, 1.165) is 39.0 Å². The maximum absolute atomic E-state index is 13.1. The molecule has 0 aliphatic heterocycles. The average Bonchev–Trinajstić information content (AvgIpc) is 3.20. The topological polar surface area (TPSA) is 75.9 Å². The molecule has 190 valence electrons. The number of hydrazone groups is 1. The molecule has 5 aromatic rings. The number of benzene rings is 4. The predicted octanol–water partition coefficient (Wildman–Crippen LogP) is 6.43. The third kappa shape index (κ3) is 5.27. The third-order valence-electron chi connectivity index (χ3n) is 6.36. The number of aryl methyl sites for hydroxylation is 1. The fraction of sp³-hybridized carbons (Fsp3) is 0.0968.